The molecule has 2 amide bonds. The zero-order chi connectivity index (χ0) is 26.5. The third-order valence-corrected chi connectivity index (χ3v) is 7.37. The number of halogens is 3. The molecule has 0 radical (unpaired) electrons. The number of hydrogen-bond donors (Lipinski definition) is 1. The van der Waals surface area contributed by atoms with E-state index in [0.29, 0.717) is 38.3 Å². The molecule has 0 aliphatic rings. The Balaban J connectivity index is 2.51. The molecule has 192 valence electrons. The number of amides is 2. The van der Waals surface area contributed by atoms with Gasteiger partial charge in [0.05, 0.1) is 22.0 Å². The molecular weight excluding hydrogens is 533 g/mol. The van der Waals surface area contributed by atoms with Crippen molar-refractivity contribution >= 4 is 62.3 Å². The van der Waals surface area contributed by atoms with Gasteiger partial charge in [-0.1, -0.05) is 53.9 Å². The lowest BCUT2D eigenvalue weighted by atomic mass is 10.1. The van der Waals surface area contributed by atoms with Crippen molar-refractivity contribution in [3.05, 3.63) is 62.6 Å². The maximum absolute atomic E-state index is 13.7. The summed E-state index contributed by atoms with van der Waals surface area (Å²) in [6.07, 6.45) is 1.34. The minimum absolute atomic E-state index is 0.0336. The first kappa shape index (κ1) is 29.2. The van der Waals surface area contributed by atoms with Crippen molar-refractivity contribution in [2.75, 3.05) is 17.1 Å². The van der Waals surface area contributed by atoms with Crippen LogP contribution < -0.4 is 9.62 Å². The fourth-order valence-corrected chi connectivity index (χ4v) is 4.97. The van der Waals surface area contributed by atoms with Gasteiger partial charge in [0.1, 0.15) is 12.6 Å². The summed E-state index contributed by atoms with van der Waals surface area (Å²) >= 11 is 18.3. The second-order valence-electron chi connectivity index (χ2n) is 8.56. The number of nitrogens with zero attached hydrogens (tertiary/aromatic N) is 2. The largest absolute Gasteiger partial charge is 0.352 e. The molecule has 35 heavy (non-hydrogen) atoms. The number of anilines is 1. The third-order valence-electron chi connectivity index (χ3n) is 5.27. The highest BCUT2D eigenvalue weighted by atomic mass is 35.5. The molecule has 0 bridgehead atoms. The summed E-state index contributed by atoms with van der Waals surface area (Å²) in [6, 6.07) is 8.78. The monoisotopic (exact) mass is 561 g/mol. The Hall–Kier alpha value is -2.00. The van der Waals surface area contributed by atoms with Crippen LogP contribution >= 0.6 is 34.8 Å². The van der Waals surface area contributed by atoms with Crippen molar-refractivity contribution in [3.63, 3.8) is 0 Å². The third kappa shape index (κ3) is 8.00. The van der Waals surface area contributed by atoms with Gasteiger partial charge in [-0.05, 0) is 62.6 Å². The van der Waals surface area contributed by atoms with E-state index in [1.807, 2.05) is 13.8 Å². The van der Waals surface area contributed by atoms with Crippen molar-refractivity contribution < 1.29 is 18.0 Å². The van der Waals surface area contributed by atoms with Gasteiger partial charge in [-0.15, -0.1) is 0 Å². The molecule has 11 heteroatoms. The van der Waals surface area contributed by atoms with Gasteiger partial charge >= 0.3 is 0 Å². The zero-order valence-corrected chi connectivity index (χ0v) is 23.4. The summed E-state index contributed by atoms with van der Waals surface area (Å²) < 4.78 is 26.4. The Morgan fingerprint density at radius 2 is 1.69 bits per heavy atom. The Bertz CT molecular complexity index is 1190. The van der Waals surface area contributed by atoms with Gasteiger partial charge < -0.3 is 10.2 Å². The fourth-order valence-electron chi connectivity index (χ4n) is 3.58. The summed E-state index contributed by atoms with van der Waals surface area (Å²) in [5, 5.41) is 3.84. The van der Waals surface area contributed by atoms with Crippen molar-refractivity contribution in [1.82, 2.24) is 10.2 Å². The van der Waals surface area contributed by atoms with Crippen LogP contribution in [0.15, 0.2) is 36.4 Å². The molecule has 2 aromatic carbocycles. The topological polar surface area (TPSA) is 86.8 Å². The molecule has 2 aromatic rings. The van der Waals surface area contributed by atoms with E-state index < -0.39 is 28.5 Å². The SMILES string of the molecule is CC[C@H](C(=O)NC(C)C)N(Cc1ccc(Cl)c(Cl)c1)C(=O)CN(c1cc(Cl)ccc1C)S(C)(=O)=O. The number of hydrogen-bond acceptors (Lipinski definition) is 4. The number of nitrogens with one attached hydrogen (secondary N) is 1. The molecule has 0 unspecified atom stereocenters. The number of carbonyl (C=O) groups excluding carboxylic acids is 2. The Morgan fingerprint density at radius 3 is 2.23 bits per heavy atom. The molecule has 0 fully saturated rings. The molecule has 0 saturated heterocycles. The second-order valence-corrected chi connectivity index (χ2v) is 11.7. The number of aryl methyl sites for hydroxylation is 1. The summed E-state index contributed by atoms with van der Waals surface area (Å²) in [5.41, 5.74) is 1.57. The van der Waals surface area contributed by atoms with Crippen LogP contribution in [0.25, 0.3) is 0 Å². The molecule has 1 atom stereocenters. The van der Waals surface area contributed by atoms with E-state index in [0.717, 1.165) is 10.6 Å². The molecule has 0 aromatic heterocycles. The first-order valence-corrected chi connectivity index (χ1v) is 14.0. The maximum Gasteiger partial charge on any atom is 0.244 e. The van der Waals surface area contributed by atoms with Crippen molar-refractivity contribution in [2.45, 2.75) is 52.7 Å². The van der Waals surface area contributed by atoms with Crippen LogP contribution in [0.2, 0.25) is 15.1 Å². The fraction of sp³-hybridized carbons (Fsp3) is 0.417. The molecule has 1 N–H and O–H groups in total. The molecule has 0 aliphatic heterocycles. The van der Waals surface area contributed by atoms with Crippen molar-refractivity contribution in [2.24, 2.45) is 0 Å². The standard InChI is InChI=1S/C24H30Cl3N3O4S/c1-6-21(24(32)28-15(2)3)29(13-17-8-10-19(26)20(27)11-17)23(31)14-30(35(5,33)34)22-12-18(25)9-7-16(22)4/h7-12,15,21H,6,13-14H2,1-5H3,(H,28,32)/t21-/m1/s1. The Kier molecular flexibility index (Phi) is 10.3. The van der Waals surface area contributed by atoms with Crippen LogP contribution in [0.4, 0.5) is 5.69 Å². The minimum Gasteiger partial charge on any atom is -0.352 e. The van der Waals surface area contributed by atoms with Crippen LogP contribution in [-0.2, 0) is 26.2 Å². The second kappa shape index (κ2) is 12.3. The lowest BCUT2D eigenvalue weighted by Crippen LogP contribution is -2.53. The predicted molar refractivity (Wildman–Crippen MR) is 143 cm³/mol. The van der Waals surface area contributed by atoms with Crippen LogP contribution in [-0.4, -0.2) is 50.0 Å². The molecule has 0 heterocycles. The van der Waals surface area contributed by atoms with Crippen LogP contribution in [0.1, 0.15) is 38.3 Å². The summed E-state index contributed by atoms with van der Waals surface area (Å²) in [7, 11) is -3.85. The normalized spacial score (nSPS) is 12.4. The van der Waals surface area contributed by atoms with Crippen molar-refractivity contribution in [3.8, 4) is 0 Å². The smallest absolute Gasteiger partial charge is 0.244 e. The lowest BCUT2D eigenvalue weighted by Gasteiger charge is -2.33. The highest BCUT2D eigenvalue weighted by molar-refractivity contribution is 7.92. The maximum atomic E-state index is 13.7. The number of sulfonamides is 1. The van der Waals surface area contributed by atoms with E-state index in [-0.39, 0.29) is 18.5 Å². The number of benzene rings is 2. The van der Waals surface area contributed by atoms with Crippen molar-refractivity contribution in [1.29, 1.82) is 0 Å². The van der Waals surface area contributed by atoms with Gasteiger partial charge in [0.15, 0.2) is 0 Å². The van der Waals surface area contributed by atoms with E-state index >= 15 is 0 Å². The van der Waals surface area contributed by atoms with Gasteiger partial charge in [-0.25, -0.2) is 8.42 Å². The van der Waals surface area contributed by atoms with Crippen LogP contribution in [0.5, 0.6) is 0 Å². The van der Waals surface area contributed by atoms with E-state index in [1.54, 1.807) is 44.2 Å². The molecule has 7 nitrogen and oxygen atoms in total. The number of rotatable bonds is 10. The van der Waals surface area contributed by atoms with E-state index in [4.69, 9.17) is 34.8 Å². The van der Waals surface area contributed by atoms with Gasteiger partial charge in [-0.2, -0.15) is 0 Å². The summed E-state index contributed by atoms with van der Waals surface area (Å²) in [5.74, 6) is -0.882. The highest BCUT2D eigenvalue weighted by Gasteiger charge is 2.32. The average molecular weight is 563 g/mol. The quantitative estimate of drug-likeness (QED) is 0.439. The molecule has 2 rings (SSSR count). The average Bonchev–Trinajstić information content (AvgIpc) is 2.74. The number of carbonyl (C=O) groups is 2. The molecular formula is C24H30Cl3N3O4S. The van der Waals surface area contributed by atoms with E-state index in [2.05, 4.69) is 5.32 Å². The molecule has 0 spiro atoms. The Morgan fingerprint density at radius 1 is 1.03 bits per heavy atom. The van der Waals surface area contributed by atoms with E-state index in [9.17, 15) is 18.0 Å². The van der Waals surface area contributed by atoms with E-state index in [1.165, 1.54) is 11.0 Å². The Labute approximate surface area is 222 Å². The van der Waals surface area contributed by atoms with Gasteiger partial charge in [-0.3, -0.25) is 13.9 Å². The molecule has 0 saturated carbocycles. The molecule has 0 aliphatic carbocycles. The highest BCUT2D eigenvalue weighted by Crippen LogP contribution is 2.28. The van der Waals surface area contributed by atoms with Gasteiger partial charge in [0.25, 0.3) is 0 Å². The minimum atomic E-state index is -3.85. The lowest BCUT2D eigenvalue weighted by molar-refractivity contribution is -0.140. The summed E-state index contributed by atoms with van der Waals surface area (Å²) in [6.45, 7) is 6.69. The van der Waals surface area contributed by atoms with Gasteiger partial charge in [0, 0.05) is 17.6 Å². The predicted octanol–water partition coefficient (Wildman–Crippen LogP) is 5.05. The zero-order valence-electron chi connectivity index (χ0n) is 20.3. The first-order chi connectivity index (χ1) is 16.2. The van der Waals surface area contributed by atoms with Crippen LogP contribution in [0.3, 0.4) is 0 Å². The van der Waals surface area contributed by atoms with Gasteiger partial charge in [0.2, 0.25) is 21.8 Å². The van der Waals surface area contributed by atoms with Crippen LogP contribution in [0, 0.1) is 6.92 Å². The first-order valence-electron chi connectivity index (χ1n) is 11.0. The summed E-state index contributed by atoms with van der Waals surface area (Å²) in [4.78, 5) is 28.0.